The lowest BCUT2D eigenvalue weighted by Crippen LogP contribution is -2.08. The number of hydrogen-bond acceptors (Lipinski definition) is 7. The predicted molar refractivity (Wildman–Crippen MR) is 146 cm³/mol. The molecule has 0 radical (unpaired) electrons. The molecular weight excluding hydrogens is 503 g/mol. The fourth-order valence-electron chi connectivity index (χ4n) is 4.42. The van der Waals surface area contributed by atoms with Crippen molar-refractivity contribution in [3.63, 3.8) is 0 Å². The first kappa shape index (κ1) is 23.5. The molecule has 0 unspecified atom stereocenters. The highest BCUT2D eigenvalue weighted by atomic mass is 31.2. The van der Waals surface area contributed by atoms with E-state index < -0.39 is 7.82 Å². The summed E-state index contributed by atoms with van der Waals surface area (Å²) >= 11 is 0. The van der Waals surface area contributed by atoms with E-state index in [4.69, 9.17) is 13.6 Å². The zero-order valence-corrected chi connectivity index (χ0v) is 20.7. The summed E-state index contributed by atoms with van der Waals surface area (Å²) in [7, 11) is -4.49. The fourth-order valence-corrected chi connectivity index (χ4v) is 5.73. The Morgan fingerprint density at radius 3 is 0.947 bits per heavy atom. The number of hydrogen-bond donors (Lipinski definition) is 3. The van der Waals surface area contributed by atoms with Gasteiger partial charge in [0.05, 0.1) is 0 Å². The molecule has 0 atom stereocenters. The van der Waals surface area contributed by atoms with Crippen molar-refractivity contribution in [1.82, 2.24) is 0 Å². The molecule has 6 rings (SSSR count). The van der Waals surface area contributed by atoms with Crippen LogP contribution in [0.2, 0.25) is 0 Å². The van der Waals surface area contributed by atoms with E-state index in [1.165, 1.54) is 36.4 Å². The van der Waals surface area contributed by atoms with E-state index in [-0.39, 0.29) is 34.5 Å². The van der Waals surface area contributed by atoms with Crippen molar-refractivity contribution in [3.8, 4) is 34.5 Å². The summed E-state index contributed by atoms with van der Waals surface area (Å²) < 4.78 is 32.5. The summed E-state index contributed by atoms with van der Waals surface area (Å²) in [6, 6.07) is 29.7. The quantitative estimate of drug-likeness (QED) is 0.190. The second-order valence-corrected chi connectivity index (χ2v) is 10.0. The van der Waals surface area contributed by atoms with Crippen molar-refractivity contribution in [2.45, 2.75) is 0 Å². The van der Waals surface area contributed by atoms with E-state index in [1.807, 2.05) is 0 Å². The normalized spacial score (nSPS) is 11.6. The maximum atomic E-state index is 14.5. The molecule has 6 aromatic rings. The second kappa shape index (κ2) is 9.21. The molecule has 0 bridgehead atoms. The van der Waals surface area contributed by atoms with Crippen molar-refractivity contribution >= 4 is 40.1 Å². The van der Waals surface area contributed by atoms with Gasteiger partial charge in [-0.1, -0.05) is 72.8 Å². The fraction of sp³-hybridized carbons (Fsp3) is 0. The van der Waals surface area contributed by atoms with E-state index in [0.29, 0.717) is 32.3 Å². The molecule has 188 valence electrons. The molecule has 8 heteroatoms. The van der Waals surface area contributed by atoms with Crippen molar-refractivity contribution in [1.29, 1.82) is 0 Å². The summed E-state index contributed by atoms with van der Waals surface area (Å²) in [6.07, 6.45) is 0. The molecule has 0 aliphatic carbocycles. The maximum Gasteiger partial charge on any atom is 0.647 e. The van der Waals surface area contributed by atoms with Gasteiger partial charge in [0.15, 0.2) is 0 Å². The lowest BCUT2D eigenvalue weighted by Gasteiger charge is -2.22. The Morgan fingerprint density at radius 1 is 0.395 bits per heavy atom. The van der Waals surface area contributed by atoms with Crippen LogP contribution < -0.4 is 13.6 Å². The van der Waals surface area contributed by atoms with Crippen molar-refractivity contribution < 1.29 is 33.5 Å². The number of rotatable bonds is 6. The third-order valence-electron chi connectivity index (χ3n) is 6.21. The number of aromatic hydroxyl groups is 3. The first-order chi connectivity index (χ1) is 18.4. The summed E-state index contributed by atoms with van der Waals surface area (Å²) in [5.74, 6) is 0.643. The number of phenols is 3. The Balaban J connectivity index is 1.50. The Morgan fingerprint density at radius 2 is 0.658 bits per heavy atom. The zero-order valence-electron chi connectivity index (χ0n) is 19.8. The summed E-state index contributed by atoms with van der Waals surface area (Å²) in [6.45, 7) is 0. The van der Waals surface area contributed by atoms with Crippen LogP contribution in [0.1, 0.15) is 0 Å². The predicted octanol–water partition coefficient (Wildman–Crippen LogP) is 7.91. The van der Waals surface area contributed by atoms with Gasteiger partial charge in [-0.15, -0.1) is 0 Å². The van der Waals surface area contributed by atoms with E-state index in [0.717, 1.165) is 0 Å². The van der Waals surface area contributed by atoms with Gasteiger partial charge < -0.3 is 28.9 Å². The van der Waals surface area contributed by atoms with E-state index in [1.54, 1.807) is 72.8 Å². The molecular formula is C30H21O7P. The average Bonchev–Trinajstić information content (AvgIpc) is 2.94. The van der Waals surface area contributed by atoms with Gasteiger partial charge in [-0.3, -0.25) is 0 Å². The van der Waals surface area contributed by atoms with Crippen LogP contribution in [0, 0.1) is 0 Å². The molecule has 0 aliphatic rings. The number of benzene rings is 6. The van der Waals surface area contributed by atoms with Gasteiger partial charge in [0.2, 0.25) is 0 Å². The van der Waals surface area contributed by atoms with Crippen LogP contribution in [0.25, 0.3) is 32.3 Å². The molecule has 0 heterocycles. The SMILES string of the molecule is O=P(Oc1ccc(O)c2ccccc12)(Oc1ccc(O)c2ccccc12)Oc1ccc(O)c2ccccc12. The minimum absolute atomic E-state index is 0.0404. The smallest absolute Gasteiger partial charge is 0.507 e. The number of phenolic OH excluding ortho intramolecular Hbond substituents is 3. The highest BCUT2D eigenvalue weighted by Crippen LogP contribution is 2.54. The Bertz CT molecular complexity index is 1670. The standard InChI is InChI=1S/C30H21O7P/c31-25-13-16-28(22-10-4-1-7-19(22)25)35-38(34,36-29-17-14-26(32)20-8-2-5-11-23(20)29)37-30-18-15-27(33)21-9-3-6-12-24(21)30/h1-18,31-33H. The van der Waals surface area contributed by atoms with E-state index >= 15 is 0 Å². The average molecular weight is 524 g/mol. The summed E-state index contributed by atoms with van der Waals surface area (Å²) in [4.78, 5) is 0. The maximum absolute atomic E-state index is 14.5. The minimum Gasteiger partial charge on any atom is -0.507 e. The van der Waals surface area contributed by atoms with Gasteiger partial charge in [-0.25, -0.2) is 0 Å². The Labute approximate surface area is 217 Å². The highest BCUT2D eigenvalue weighted by Gasteiger charge is 2.35. The lowest BCUT2D eigenvalue weighted by atomic mass is 10.1. The largest absolute Gasteiger partial charge is 0.647 e. The molecule has 0 fully saturated rings. The van der Waals surface area contributed by atoms with Gasteiger partial charge in [-0.2, -0.15) is 4.57 Å². The van der Waals surface area contributed by atoms with E-state index in [9.17, 15) is 19.9 Å². The highest BCUT2D eigenvalue weighted by molar-refractivity contribution is 7.49. The van der Waals surface area contributed by atoms with E-state index in [2.05, 4.69) is 0 Å². The van der Waals surface area contributed by atoms with Crippen LogP contribution >= 0.6 is 7.82 Å². The Hall–Kier alpha value is -4.87. The van der Waals surface area contributed by atoms with Gasteiger partial charge in [0.1, 0.15) is 34.5 Å². The third-order valence-corrected chi connectivity index (χ3v) is 7.47. The summed E-state index contributed by atoms with van der Waals surface area (Å²) in [5.41, 5.74) is 0. The molecule has 0 aliphatic heterocycles. The molecule has 6 aromatic carbocycles. The topological polar surface area (TPSA) is 105 Å². The molecule has 7 nitrogen and oxygen atoms in total. The minimum atomic E-state index is -4.49. The van der Waals surface area contributed by atoms with Gasteiger partial charge in [0.25, 0.3) is 0 Å². The Kier molecular flexibility index (Phi) is 5.70. The molecule has 3 N–H and O–H groups in total. The van der Waals surface area contributed by atoms with Crippen LogP contribution in [0.3, 0.4) is 0 Å². The first-order valence-corrected chi connectivity index (χ1v) is 13.2. The number of phosphoric ester groups is 1. The van der Waals surface area contributed by atoms with Gasteiger partial charge >= 0.3 is 7.82 Å². The van der Waals surface area contributed by atoms with Crippen molar-refractivity contribution in [2.75, 3.05) is 0 Å². The number of phosphoric acid groups is 1. The van der Waals surface area contributed by atoms with Crippen LogP contribution in [0.15, 0.2) is 109 Å². The van der Waals surface area contributed by atoms with Crippen LogP contribution in [-0.4, -0.2) is 15.3 Å². The van der Waals surface area contributed by atoms with Crippen LogP contribution in [-0.2, 0) is 4.57 Å². The molecule has 0 saturated carbocycles. The van der Waals surface area contributed by atoms with Gasteiger partial charge in [0, 0.05) is 32.3 Å². The third kappa shape index (κ3) is 4.19. The second-order valence-electron chi connectivity index (χ2n) is 8.61. The van der Waals surface area contributed by atoms with Crippen molar-refractivity contribution in [3.05, 3.63) is 109 Å². The van der Waals surface area contributed by atoms with Crippen LogP contribution in [0.4, 0.5) is 0 Å². The van der Waals surface area contributed by atoms with Gasteiger partial charge in [-0.05, 0) is 36.4 Å². The molecule has 0 amide bonds. The monoisotopic (exact) mass is 524 g/mol. The molecule has 0 spiro atoms. The molecule has 0 saturated heterocycles. The van der Waals surface area contributed by atoms with Crippen molar-refractivity contribution in [2.24, 2.45) is 0 Å². The lowest BCUT2D eigenvalue weighted by molar-refractivity contribution is 0.301. The van der Waals surface area contributed by atoms with Crippen LogP contribution in [0.5, 0.6) is 34.5 Å². The number of fused-ring (bicyclic) bond motifs is 3. The molecule has 0 aromatic heterocycles. The molecule has 38 heavy (non-hydrogen) atoms. The zero-order chi connectivity index (χ0) is 26.3. The first-order valence-electron chi connectivity index (χ1n) is 11.7. The summed E-state index contributed by atoms with van der Waals surface area (Å²) in [5, 5.41) is 34.0.